The summed E-state index contributed by atoms with van der Waals surface area (Å²) in [4.78, 5) is 0. The lowest BCUT2D eigenvalue weighted by Gasteiger charge is -2.13. The lowest BCUT2D eigenvalue weighted by molar-refractivity contribution is 0.414. The first-order chi connectivity index (χ1) is 8.40. The quantitative estimate of drug-likeness (QED) is 0.811. The van der Waals surface area contributed by atoms with Gasteiger partial charge in [0.2, 0.25) is 0 Å². The number of nitrogens with one attached hydrogen (secondary N) is 1. The fourth-order valence-corrected chi connectivity index (χ4v) is 2.17. The lowest BCUT2D eigenvalue weighted by atomic mass is 10.1. The Morgan fingerprint density at radius 3 is 2.39 bits per heavy atom. The minimum absolute atomic E-state index is 0.181. The number of hydrogen-bond acceptors (Lipinski definition) is 4. The Balaban J connectivity index is 2.37. The van der Waals surface area contributed by atoms with Gasteiger partial charge in [0.15, 0.2) is 0 Å². The molecule has 0 aliphatic rings. The van der Waals surface area contributed by atoms with Crippen molar-refractivity contribution >= 4 is 9.84 Å². The summed E-state index contributed by atoms with van der Waals surface area (Å²) in [5, 5.41) is 3.21. The van der Waals surface area contributed by atoms with E-state index in [9.17, 15) is 8.42 Å². The van der Waals surface area contributed by atoms with Crippen molar-refractivity contribution in [2.45, 2.75) is 19.4 Å². The predicted octanol–water partition coefficient (Wildman–Crippen LogP) is 1.26. The molecule has 0 fully saturated rings. The van der Waals surface area contributed by atoms with Crippen LogP contribution >= 0.6 is 0 Å². The molecule has 1 aromatic rings. The van der Waals surface area contributed by atoms with Gasteiger partial charge in [-0.05, 0) is 31.0 Å². The number of hydrogen-bond donors (Lipinski definition) is 1. The molecule has 0 aromatic heterocycles. The number of ether oxygens (including phenoxy) is 1. The maximum absolute atomic E-state index is 11.0. The third kappa shape index (κ3) is 6.02. The summed E-state index contributed by atoms with van der Waals surface area (Å²) in [7, 11) is -1.24. The SMILES string of the molecule is COc1ccc(CC(C)NCCS(C)(=O)=O)cc1. The van der Waals surface area contributed by atoms with Gasteiger partial charge in [0.05, 0.1) is 12.9 Å². The molecule has 0 aliphatic heterocycles. The summed E-state index contributed by atoms with van der Waals surface area (Å²) in [6, 6.07) is 8.15. The summed E-state index contributed by atoms with van der Waals surface area (Å²) in [5.41, 5.74) is 1.20. The number of benzene rings is 1. The molecule has 1 unspecified atom stereocenters. The van der Waals surface area contributed by atoms with E-state index in [2.05, 4.69) is 5.32 Å². The van der Waals surface area contributed by atoms with E-state index < -0.39 is 9.84 Å². The molecule has 0 radical (unpaired) electrons. The minimum Gasteiger partial charge on any atom is -0.497 e. The van der Waals surface area contributed by atoms with Crippen LogP contribution in [0.3, 0.4) is 0 Å². The molecule has 1 rings (SSSR count). The van der Waals surface area contributed by atoms with Gasteiger partial charge in [-0.15, -0.1) is 0 Å². The second-order valence-corrected chi connectivity index (χ2v) is 6.80. The number of methoxy groups -OCH3 is 1. The van der Waals surface area contributed by atoms with Gasteiger partial charge in [-0.25, -0.2) is 8.42 Å². The highest BCUT2D eigenvalue weighted by atomic mass is 32.2. The zero-order valence-electron chi connectivity index (χ0n) is 11.1. The monoisotopic (exact) mass is 271 g/mol. The van der Waals surface area contributed by atoms with Crippen molar-refractivity contribution in [2.75, 3.05) is 25.7 Å². The van der Waals surface area contributed by atoms with E-state index in [1.54, 1.807) is 7.11 Å². The second kappa shape index (κ2) is 6.75. The van der Waals surface area contributed by atoms with Gasteiger partial charge in [-0.2, -0.15) is 0 Å². The van der Waals surface area contributed by atoms with Crippen LogP contribution in [0.15, 0.2) is 24.3 Å². The molecule has 0 saturated heterocycles. The Morgan fingerprint density at radius 1 is 1.28 bits per heavy atom. The van der Waals surface area contributed by atoms with E-state index in [4.69, 9.17) is 4.74 Å². The van der Waals surface area contributed by atoms with Crippen molar-refractivity contribution in [3.8, 4) is 5.75 Å². The van der Waals surface area contributed by atoms with Crippen LogP contribution in [-0.2, 0) is 16.3 Å². The van der Waals surface area contributed by atoms with Gasteiger partial charge in [-0.3, -0.25) is 0 Å². The average Bonchev–Trinajstić information content (AvgIpc) is 2.28. The zero-order valence-corrected chi connectivity index (χ0v) is 12.0. The van der Waals surface area contributed by atoms with Crippen LogP contribution < -0.4 is 10.1 Å². The van der Waals surface area contributed by atoms with Crippen LogP contribution in [0.5, 0.6) is 5.75 Å². The smallest absolute Gasteiger partial charge is 0.148 e. The highest BCUT2D eigenvalue weighted by Crippen LogP contribution is 2.12. The molecular weight excluding hydrogens is 250 g/mol. The van der Waals surface area contributed by atoms with Crippen molar-refractivity contribution in [3.63, 3.8) is 0 Å². The molecule has 5 heteroatoms. The Labute approximate surface area is 109 Å². The Bertz CT molecular complexity index is 454. The van der Waals surface area contributed by atoms with E-state index in [0.29, 0.717) is 6.54 Å². The van der Waals surface area contributed by atoms with Crippen LogP contribution in [-0.4, -0.2) is 40.1 Å². The van der Waals surface area contributed by atoms with Gasteiger partial charge in [-0.1, -0.05) is 12.1 Å². The first kappa shape index (κ1) is 15.0. The average molecular weight is 271 g/mol. The third-order valence-electron chi connectivity index (χ3n) is 2.67. The summed E-state index contributed by atoms with van der Waals surface area (Å²) in [6.45, 7) is 2.54. The first-order valence-corrected chi connectivity index (χ1v) is 8.01. The Morgan fingerprint density at radius 2 is 1.89 bits per heavy atom. The van der Waals surface area contributed by atoms with Gasteiger partial charge >= 0.3 is 0 Å². The molecule has 1 atom stereocenters. The summed E-state index contributed by atoms with van der Waals surface area (Å²) in [6.07, 6.45) is 2.12. The van der Waals surface area contributed by atoms with E-state index >= 15 is 0 Å². The van der Waals surface area contributed by atoms with Gasteiger partial charge in [0.1, 0.15) is 15.6 Å². The Kier molecular flexibility index (Phi) is 5.62. The number of rotatable bonds is 7. The van der Waals surface area contributed by atoms with E-state index in [1.165, 1.54) is 11.8 Å². The normalized spacial score (nSPS) is 13.3. The van der Waals surface area contributed by atoms with Crippen LogP contribution in [0.25, 0.3) is 0 Å². The lowest BCUT2D eigenvalue weighted by Crippen LogP contribution is -2.32. The number of sulfone groups is 1. The van der Waals surface area contributed by atoms with E-state index in [0.717, 1.165) is 12.2 Å². The Hall–Kier alpha value is -1.07. The largest absolute Gasteiger partial charge is 0.497 e. The molecule has 4 nitrogen and oxygen atoms in total. The highest BCUT2D eigenvalue weighted by Gasteiger charge is 2.06. The van der Waals surface area contributed by atoms with Crippen molar-refractivity contribution < 1.29 is 13.2 Å². The van der Waals surface area contributed by atoms with Crippen LogP contribution in [0.4, 0.5) is 0 Å². The molecule has 1 aromatic carbocycles. The molecule has 0 bridgehead atoms. The van der Waals surface area contributed by atoms with Gasteiger partial charge in [0.25, 0.3) is 0 Å². The highest BCUT2D eigenvalue weighted by molar-refractivity contribution is 7.90. The van der Waals surface area contributed by atoms with Crippen molar-refractivity contribution in [3.05, 3.63) is 29.8 Å². The first-order valence-electron chi connectivity index (χ1n) is 5.95. The molecule has 1 N–H and O–H groups in total. The standard InChI is InChI=1S/C13H21NO3S/c1-11(14-8-9-18(3,15)16)10-12-4-6-13(17-2)7-5-12/h4-7,11,14H,8-10H2,1-3H3. The maximum Gasteiger partial charge on any atom is 0.148 e. The van der Waals surface area contributed by atoms with Crippen LogP contribution in [0.1, 0.15) is 12.5 Å². The fraction of sp³-hybridized carbons (Fsp3) is 0.538. The summed E-state index contributed by atoms with van der Waals surface area (Å²) < 4.78 is 27.1. The molecule has 0 amide bonds. The predicted molar refractivity (Wildman–Crippen MR) is 73.9 cm³/mol. The molecule has 102 valence electrons. The summed E-state index contributed by atoms with van der Waals surface area (Å²) in [5.74, 6) is 1.02. The second-order valence-electron chi connectivity index (χ2n) is 4.54. The minimum atomic E-state index is -2.88. The molecule has 18 heavy (non-hydrogen) atoms. The van der Waals surface area contributed by atoms with Crippen molar-refractivity contribution in [1.82, 2.24) is 5.32 Å². The fourth-order valence-electron chi connectivity index (χ4n) is 1.68. The van der Waals surface area contributed by atoms with Gasteiger partial charge < -0.3 is 10.1 Å². The molecule has 0 saturated carbocycles. The third-order valence-corrected chi connectivity index (χ3v) is 3.61. The maximum atomic E-state index is 11.0. The van der Waals surface area contributed by atoms with Crippen LogP contribution in [0.2, 0.25) is 0 Å². The van der Waals surface area contributed by atoms with Crippen molar-refractivity contribution in [1.29, 1.82) is 0 Å². The molecular formula is C13H21NO3S. The summed E-state index contributed by atoms with van der Waals surface area (Å²) >= 11 is 0. The van der Waals surface area contributed by atoms with E-state index in [1.807, 2.05) is 31.2 Å². The van der Waals surface area contributed by atoms with Crippen LogP contribution in [0, 0.1) is 0 Å². The molecule has 0 heterocycles. The van der Waals surface area contributed by atoms with Gasteiger partial charge in [0, 0.05) is 18.8 Å². The molecule has 0 spiro atoms. The zero-order chi connectivity index (χ0) is 13.6. The topological polar surface area (TPSA) is 55.4 Å². The van der Waals surface area contributed by atoms with Crippen molar-refractivity contribution in [2.24, 2.45) is 0 Å². The van der Waals surface area contributed by atoms with E-state index in [-0.39, 0.29) is 11.8 Å². The molecule has 0 aliphatic carbocycles.